The molecule has 0 saturated carbocycles. The number of hydrogen-bond acceptors (Lipinski definition) is 1. The van der Waals surface area contributed by atoms with Gasteiger partial charge in [0, 0.05) is 11.1 Å². The van der Waals surface area contributed by atoms with Crippen LogP contribution in [0.15, 0.2) is 48.5 Å². The maximum Gasteiger partial charge on any atom is 0.573 e. The molecular weight excluding hydrogens is 466 g/mol. The Morgan fingerprint density at radius 1 is 0.829 bits per heavy atom. The van der Waals surface area contributed by atoms with Crippen molar-refractivity contribution < 1.29 is 31.1 Å². The minimum atomic E-state index is -5.03. The normalized spacial score (nSPS) is 13.4. The fraction of sp³-hybridized carbons (Fsp3) is 0.286. The molecular formula is C28H24F6O. The first-order valence-corrected chi connectivity index (χ1v) is 11.5. The molecule has 0 atom stereocenters. The Morgan fingerprint density at radius 2 is 1.60 bits per heavy atom. The molecule has 1 aliphatic rings. The Kier molecular flexibility index (Phi) is 7.24. The summed E-state index contributed by atoms with van der Waals surface area (Å²) in [6.07, 6.45) is 1.48. The Morgan fingerprint density at radius 3 is 2.29 bits per heavy atom. The van der Waals surface area contributed by atoms with Crippen molar-refractivity contribution >= 4 is 11.6 Å². The van der Waals surface area contributed by atoms with Gasteiger partial charge in [0.05, 0.1) is 0 Å². The second-order valence-electron chi connectivity index (χ2n) is 8.63. The van der Waals surface area contributed by atoms with Crippen LogP contribution in [0.5, 0.6) is 5.75 Å². The summed E-state index contributed by atoms with van der Waals surface area (Å²) in [6.45, 7) is 2.12. The van der Waals surface area contributed by atoms with Crippen LogP contribution < -0.4 is 4.74 Å². The van der Waals surface area contributed by atoms with E-state index < -0.39 is 23.7 Å². The minimum Gasteiger partial charge on any atom is -0.403 e. The molecule has 0 fully saturated rings. The largest absolute Gasteiger partial charge is 0.573 e. The van der Waals surface area contributed by atoms with Crippen molar-refractivity contribution in [3.63, 3.8) is 0 Å². The Bertz CT molecular complexity index is 1260. The van der Waals surface area contributed by atoms with E-state index in [9.17, 15) is 22.0 Å². The van der Waals surface area contributed by atoms with Crippen LogP contribution in [0.25, 0.3) is 22.8 Å². The zero-order chi connectivity index (χ0) is 25.2. The van der Waals surface area contributed by atoms with Crippen LogP contribution in [0.2, 0.25) is 0 Å². The van der Waals surface area contributed by atoms with E-state index in [1.807, 2.05) is 6.07 Å². The molecule has 3 aromatic carbocycles. The average Bonchev–Trinajstić information content (AvgIpc) is 2.80. The summed E-state index contributed by atoms with van der Waals surface area (Å²) in [6, 6.07) is 11.2. The molecule has 35 heavy (non-hydrogen) atoms. The third-order valence-electron chi connectivity index (χ3n) is 6.17. The van der Waals surface area contributed by atoms with Crippen molar-refractivity contribution in [1.82, 2.24) is 0 Å². The van der Waals surface area contributed by atoms with Crippen LogP contribution in [0.1, 0.15) is 54.9 Å². The highest BCUT2D eigenvalue weighted by Gasteiger charge is 2.32. The number of ether oxygens (including phenoxy) is 1. The van der Waals surface area contributed by atoms with E-state index in [2.05, 4.69) is 11.7 Å². The molecule has 0 bridgehead atoms. The number of halogens is 6. The van der Waals surface area contributed by atoms with Crippen LogP contribution in [0.3, 0.4) is 0 Å². The molecule has 7 heteroatoms. The van der Waals surface area contributed by atoms with Gasteiger partial charge in [-0.05, 0) is 71.7 Å². The fourth-order valence-electron chi connectivity index (χ4n) is 4.41. The van der Waals surface area contributed by atoms with Gasteiger partial charge in [0.2, 0.25) is 0 Å². The molecule has 0 N–H and O–H groups in total. The average molecular weight is 490 g/mol. The lowest BCUT2D eigenvalue weighted by atomic mass is 9.86. The van der Waals surface area contributed by atoms with Crippen LogP contribution in [-0.2, 0) is 12.8 Å². The number of benzene rings is 3. The summed E-state index contributed by atoms with van der Waals surface area (Å²) in [4.78, 5) is 0. The highest BCUT2D eigenvalue weighted by molar-refractivity contribution is 5.85. The standard InChI is InChI=1S/C28H24F6O/c1-2-3-4-5-17-6-10-21(24(29)14-17)18-7-11-22-19(15-18)8-12-23(27(22)31)20-9-13-26(25(30)16-20)35-28(32,33)34/h6,8-10,12-16H,2-5,7,11H2,1H3. The summed E-state index contributed by atoms with van der Waals surface area (Å²) < 4.78 is 85.1. The van der Waals surface area contributed by atoms with Crippen molar-refractivity contribution in [3.8, 4) is 16.9 Å². The molecule has 4 rings (SSSR count). The Labute approximate surface area is 200 Å². The van der Waals surface area contributed by atoms with Gasteiger partial charge in [-0.3, -0.25) is 0 Å². The monoisotopic (exact) mass is 490 g/mol. The maximum absolute atomic E-state index is 15.3. The van der Waals surface area contributed by atoms with Crippen LogP contribution in [0, 0.1) is 17.5 Å². The van der Waals surface area contributed by atoms with Crippen molar-refractivity contribution in [1.29, 1.82) is 0 Å². The fourth-order valence-corrected chi connectivity index (χ4v) is 4.41. The number of rotatable bonds is 7. The SMILES string of the molecule is CCCCCc1ccc(C2=Cc3ccc(-c4ccc(OC(F)(F)F)c(F)c4)c(F)c3CC2)c(F)c1. The van der Waals surface area contributed by atoms with Crippen LogP contribution >= 0.6 is 0 Å². The Balaban J connectivity index is 1.60. The second-order valence-corrected chi connectivity index (χ2v) is 8.63. The van der Waals surface area contributed by atoms with E-state index in [4.69, 9.17) is 0 Å². The molecule has 0 heterocycles. The Hall–Kier alpha value is -3.22. The highest BCUT2D eigenvalue weighted by atomic mass is 19.4. The van der Waals surface area contributed by atoms with Gasteiger partial charge in [0.15, 0.2) is 11.6 Å². The summed E-state index contributed by atoms with van der Waals surface area (Å²) in [5.41, 5.74) is 3.36. The lowest BCUT2D eigenvalue weighted by Gasteiger charge is -2.20. The summed E-state index contributed by atoms with van der Waals surface area (Å²) >= 11 is 0. The van der Waals surface area contributed by atoms with Gasteiger partial charge >= 0.3 is 6.36 Å². The number of alkyl halides is 3. The van der Waals surface area contributed by atoms with Crippen molar-refractivity contribution in [2.45, 2.75) is 51.8 Å². The molecule has 0 aliphatic heterocycles. The van der Waals surface area contributed by atoms with Crippen LogP contribution in [-0.4, -0.2) is 6.36 Å². The van der Waals surface area contributed by atoms with Crippen molar-refractivity contribution in [2.75, 3.05) is 0 Å². The van der Waals surface area contributed by atoms with Gasteiger partial charge in [0.1, 0.15) is 11.6 Å². The van der Waals surface area contributed by atoms with E-state index in [0.717, 1.165) is 49.0 Å². The highest BCUT2D eigenvalue weighted by Crippen LogP contribution is 2.37. The smallest absolute Gasteiger partial charge is 0.403 e. The zero-order valence-corrected chi connectivity index (χ0v) is 19.1. The molecule has 0 radical (unpaired) electrons. The molecule has 184 valence electrons. The first kappa shape index (κ1) is 24.9. The number of aryl methyl sites for hydroxylation is 1. The maximum atomic E-state index is 15.3. The van der Waals surface area contributed by atoms with E-state index in [1.165, 1.54) is 12.1 Å². The zero-order valence-electron chi connectivity index (χ0n) is 19.1. The van der Waals surface area contributed by atoms with E-state index in [1.54, 1.807) is 24.3 Å². The van der Waals surface area contributed by atoms with Gasteiger partial charge < -0.3 is 4.74 Å². The topological polar surface area (TPSA) is 9.23 Å². The van der Waals surface area contributed by atoms with Crippen molar-refractivity contribution in [3.05, 3.63) is 88.2 Å². The van der Waals surface area contributed by atoms with Gasteiger partial charge in [-0.1, -0.05) is 56.2 Å². The lowest BCUT2D eigenvalue weighted by Crippen LogP contribution is -2.17. The third kappa shape index (κ3) is 5.72. The number of allylic oxidation sites excluding steroid dienone is 1. The van der Waals surface area contributed by atoms with E-state index >= 15 is 4.39 Å². The predicted molar refractivity (Wildman–Crippen MR) is 124 cm³/mol. The van der Waals surface area contributed by atoms with Gasteiger partial charge in [-0.15, -0.1) is 13.2 Å². The number of unbranched alkanes of at least 4 members (excludes halogenated alkanes) is 2. The lowest BCUT2D eigenvalue weighted by molar-refractivity contribution is -0.275. The molecule has 0 spiro atoms. The van der Waals surface area contributed by atoms with Gasteiger partial charge in [0.25, 0.3) is 0 Å². The molecule has 1 aliphatic carbocycles. The first-order valence-electron chi connectivity index (χ1n) is 11.5. The summed E-state index contributed by atoms with van der Waals surface area (Å²) in [5.74, 6) is -3.10. The van der Waals surface area contributed by atoms with E-state index in [-0.39, 0.29) is 16.9 Å². The number of fused-ring (bicyclic) bond motifs is 1. The van der Waals surface area contributed by atoms with Crippen molar-refractivity contribution in [2.24, 2.45) is 0 Å². The minimum absolute atomic E-state index is 0.0701. The quantitative estimate of drug-likeness (QED) is 0.237. The van der Waals surface area contributed by atoms with Gasteiger partial charge in [-0.25, -0.2) is 13.2 Å². The molecule has 1 nitrogen and oxygen atoms in total. The summed E-state index contributed by atoms with van der Waals surface area (Å²) in [5, 5.41) is 0. The molecule has 0 saturated heterocycles. The third-order valence-corrected chi connectivity index (χ3v) is 6.17. The number of hydrogen-bond donors (Lipinski definition) is 0. The molecule has 0 amide bonds. The predicted octanol–water partition coefficient (Wildman–Crippen LogP) is 8.89. The van der Waals surface area contributed by atoms with E-state index in [0.29, 0.717) is 29.5 Å². The van der Waals surface area contributed by atoms with Crippen LogP contribution in [0.4, 0.5) is 26.3 Å². The second kappa shape index (κ2) is 10.2. The molecule has 0 aromatic heterocycles. The van der Waals surface area contributed by atoms with Gasteiger partial charge in [-0.2, -0.15) is 0 Å². The molecule has 3 aromatic rings. The summed E-state index contributed by atoms with van der Waals surface area (Å²) in [7, 11) is 0. The molecule has 0 unspecified atom stereocenters. The first-order chi connectivity index (χ1) is 16.7.